The molecule has 136 valence electrons. The van der Waals surface area contributed by atoms with Crippen molar-refractivity contribution >= 4 is 23.2 Å². The Hall–Kier alpha value is -2.53. The minimum absolute atomic E-state index is 0.133. The smallest absolute Gasteiger partial charge is 0.270 e. The number of aryl methyl sites for hydroxylation is 2. The van der Waals surface area contributed by atoms with Crippen LogP contribution in [0.1, 0.15) is 35.1 Å². The van der Waals surface area contributed by atoms with Gasteiger partial charge in [0.2, 0.25) is 0 Å². The van der Waals surface area contributed by atoms with Gasteiger partial charge in [0.1, 0.15) is 23.7 Å². The lowest BCUT2D eigenvalue weighted by Crippen LogP contribution is -2.29. The number of ether oxygens (including phenoxy) is 1. The third-order valence-corrected chi connectivity index (χ3v) is 4.26. The van der Waals surface area contributed by atoms with Gasteiger partial charge in [-0.15, -0.1) is 0 Å². The standard InChI is InChI=1S/C20H22ClN3O2/c1-3-4-17-19(24-13-14(2)5-10-18(24)23-17)20(25)22-11-12-26-16-8-6-15(21)7-9-16/h5-10,13H,3-4,11-12H2,1-2H3,(H,22,25). The van der Waals surface area contributed by atoms with Crippen LogP contribution in [0.4, 0.5) is 0 Å². The van der Waals surface area contributed by atoms with Crippen LogP contribution in [0.2, 0.25) is 5.02 Å². The second-order valence-corrected chi connectivity index (χ2v) is 6.59. The van der Waals surface area contributed by atoms with Crippen molar-refractivity contribution in [2.24, 2.45) is 0 Å². The average molecular weight is 372 g/mol. The first-order valence-corrected chi connectivity index (χ1v) is 9.10. The maximum absolute atomic E-state index is 12.7. The number of benzene rings is 1. The number of halogens is 1. The number of hydrogen-bond acceptors (Lipinski definition) is 3. The van der Waals surface area contributed by atoms with Crippen molar-refractivity contribution in [1.29, 1.82) is 0 Å². The summed E-state index contributed by atoms with van der Waals surface area (Å²) in [6.45, 7) is 4.87. The van der Waals surface area contributed by atoms with Crippen LogP contribution in [0, 0.1) is 6.92 Å². The van der Waals surface area contributed by atoms with Crippen LogP contribution in [-0.2, 0) is 6.42 Å². The van der Waals surface area contributed by atoms with Crippen molar-refractivity contribution in [2.75, 3.05) is 13.2 Å². The van der Waals surface area contributed by atoms with E-state index in [9.17, 15) is 4.79 Å². The van der Waals surface area contributed by atoms with Gasteiger partial charge in [-0.2, -0.15) is 0 Å². The lowest BCUT2D eigenvalue weighted by atomic mass is 10.2. The molecule has 0 saturated heterocycles. The van der Waals surface area contributed by atoms with E-state index < -0.39 is 0 Å². The van der Waals surface area contributed by atoms with Crippen LogP contribution in [0.25, 0.3) is 5.65 Å². The van der Waals surface area contributed by atoms with Gasteiger partial charge in [-0.25, -0.2) is 4.98 Å². The van der Waals surface area contributed by atoms with Crippen molar-refractivity contribution in [3.8, 4) is 5.75 Å². The molecule has 5 nitrogen and oxygen atoms in total. The fourth-order valence-corrected chi connectivity index (χ4v) is 2.93. The summed E-state index contributed by atoms with van der Waals surface area (Å²) in [4.78, 5) is 17.3. The Morgan fingerprint density at radius 1 is 1.23 bits per heavy atom. The van der Waals surface area contributed by atoms with Gasteiger partial charge in [0, 0.05) is 11.2 Å². The quantitative estimate of drug-likeness (QED) is 0.637. The van der Waals surface area contributed by atoms with Crippen LogP contribution < -0.4 is 10.1 Å². The number of fused-ring (bicyclic) bond motifs is 1. The first-order chi connectivity index (χ1) is 12.6. The molecular weight excluding hydrogens is 350 g/mol. The monoisotopic (exact) mass is 371 g/mol. The molecule has 0 bridgehead atoms. The van der Waals surface area contributed by atoms with Gasteiger partial charge in [0.05, 0.1) is 12.2 Å². The van der Waals surface area contributed by atoms with Crippen molar-refractivity contribution < 1.29 is 9.53 Å². The fraction of sp³-hybridized carbons (Fsp3) is 0.300. The van der Waals surface area contributed by atoms with E-state index in [1.807, 2.05) is 29.7 Å². The number of carbonyl (C=O) groups is 1. The third-order valence-electron chi connectivity index (χ3n) is 4.01. The zero-order valence-corrected chi connectivity index (χ0v) is 15.7. The van der Waals surface area contributed by atoms with Gasteiger partial charge in [-0.05, 0) is 49.2 Å². The van der Waals surface area contributed by atoms with E-state index in [2.05, 4.69) is 17.2 Å². The second-order valence-electron chi connectivity index (χ2n) is 6.15. The highest BCUT2D eigenvalue weighted by molar-refractivity contribution is 6.30. The molecular formula is C20H22ClN3O2. The van der Waals surface area contributed by atoms with Gasteiger partial charge in [0.15, 0.2) is 0 Å². The fourth-order valence-electron chi connectivity index (χ4n) is 2.80. The molecule has 0 aliphatic heterocycles. The van der Waals surface area contributed by atoms with E-state index in [1.54, 1.807) is 24.3 Å². The normalized spacial score (nSPS) is 10.9. The highest BCUT2D eigenvalue weighted by Crippen LogP contribution is 2.17. The molecule has 3 rings (SSSR count). The van der Waals surface area contributed by atoms with Gasteiger partial charge in [0.25, 0.3) is 5.91 Å². The lowest BCUT2D eigenvalue weighted by Gasteiger charge is -2.09. The average Bonchev–Trinajstić information content (AvgIpc) is 2.97. The molecule has 26 heavy (non-hydrogen) atoms. The minimum Gasteiger partial charge on any atom is -0.492 e. The number of nitrogens with zero attached hydrogens (tertiary/aromatic N) is 2. The summed E-state index contributed by atoms with van der Waals surface area (Å²) in [5, 5.41) is 3.59. The maximum atomic E-state index is 12.7. The summed E-state index contributed by atoms with van der Waals surface area (Å²) < 4.78 is 7.49. The summed E-state index contributed by atoms with van der Waals surface area (Å²) in [6.07, 6.45) is 3.65. The van der Waals surface area contributed by atoms with E-state index in [0.29, 0.717) is 23.9 Å². The van der Waals surface area contributed by atoms with E-state index >= 15 is 0 Å². The Bertz CT molecular complexity index is 903. The number of imidazole rings is 1. The third kappa shape index (κ3) is 4.17. The Morgan fingerprint density at radius 3 is 2.73 bits per heavy atom. The van der Waals surface area contributed by atoms with Crippen LogP contribution >= 0.6 is 11.6 Å². The summed E-state index contributed by atoms with van der Waals surface area (Å²) in [5.74, 6) is 0.590. The summed E-state index contributed by atoms with van der Waals surface area (Å²) in [7, 11) is 0. The highest BCUT2D eigenvalue weighted by Gasteiger charge is 2.18. The molecule has 0 fully saturated rings. The van der Waals surface area contributed by atoms with Crippen molar-refractivity contribution in [3.63, 3.8) is 0 Å². The van der Waals surface area contributed by atoms with E-state index in [1.165, 1.54) is 0 Å². The van der Waals surface area contributed by atoms with Crippen molar-refractivity contribution in [2.45, 2.75) is 26.7 Å². The SMILES string of the molecule is CCCc1nc2ccc(C)cn2c1C(=O)NCCOc1ccc(Cl)cc1. The van der Waals surface area contributed by atoms with Gasteiger partial charge < -0.3 is 10.1 Å². The Morgan fingerprint density at radius 2 is 2.00 bits per heavy atom. The molecule has 0 radical (unpaired) electrons. The summed E-state index contributed by atoms with van der Waals surface area (Å²) in [6, 6.07) is 11.1. The first kappa shape index (κ1) is 18.3. The summed E-state index contributed by atoms with van der Waals surface area (Å²) in [5.41, 5.74) is 3.31. The van der Waals surface area contributed by atoms with Crippen molar-refractivity contribution in [1.82, 2.24) is 14.7 Å². The number of carbonyl (C=O) groups excluding carboxylic acids is 1. The van der Waals surface area contributed by atoms with E-state index in [4.69, 9.17) is 16.3 Å². The molecule has 1 amide bonds. The van der Waals surface area contributed by atoms with Crippen LogP contribution in [0.5, 0.6) is 5.75 Å². The van der Waals surface area contributed by atoms with Crippen molar-refractivity contribution in [3.05, 3.63) is 64.6 Å². The predicted molar refractivity (Wildman–Crippen MR) is 103 cm³/mol. The van der Waals surface area contributed by atoms with E-state index in [-0.39, 0.29) is 5.91 Å². The largest absolute Gasteiger partial charge is 0.492 e. The van der Waals surface area contributed by atoms with Gasteiger partial charge >= 0.3 is 0 Å². The van der Waals surface area contributed by atoms with E-state index in [0.717, 1.165) is 35.5 Å². The summed E-state index contributed by atoms with van der Waals surface area (Å²) >= 11 is 5.85. The molecule has 6 heteroatoms. The topological polar surface area (TPSA) is 55.6 Å². The highest BCUT2D eigenvalue weighted by atomic mass is 35.5. The number of rotatable bonds is 7. The maximum Gasteiger partial charge on any atom is 0.270 e. The zero-order chi connectivity index (χ0) is 18.5. The van der Waals surface area contributed by atoms with Crippen LogP contribution in [0.15, 0.2) is 42.6 Å². The Kier molecular flexibility index (Phi) is 5.78. The molecule has 0 aliphatic carbocycles. The van der Waals surface area contributed by atoms with Gasteiger partial charge in [-0.1, -0.05) is 31.0 Å². The molecule has 0 aliphatic rings. The number of nitrogens with one attached hydrogen (secondary N) is 1. The molecule has 1 aromatic carbocycles. The molecule has 0 atom stereocenters. The first-order valence-electron chi connectivity index (χ1n) is 8.72. The van der Waals surface area contributed by atoms with Crippen LogP contribution in [-0.4, -0.2) is 28.4 Å². The molecule has 0 spiro atoms. The number of amides is 1. The van der Waals surface area contributed by atoms with Gasteiger partial charge in [-0.3, -0.25) is 9.20 Å². The number of pyridine rings is 1. The molecule has 2 heterocycles. The number of aromatic nitrogens is 2. The van der Waals surface area contributed by atoms with Crippen LogP contribution in [0.3, 0.4) is 0 Å². The lowest BCUT2D eigenvalue weighted by molar-refractivity contribution is 0.0940. The zero-order valence-electron chi connectivity index (χ0n) is 15.0. The Labute approximate surface area is 158 Å². The molecule has 2 aromatic heterocycles. The molecule has 0 unspecified atom stereocenters. The second kappa shape index (κ2) is 8.23. The number of hydrogen-bond donors (Lipinski definition) is 1. The minimum atomic E-state index is -0.133. The predicted octanol–water partition coefficient (Wildman–Crippen LogP) is 4.06. The molecule has 0 saturated carbocycles. The molecule has 3 aromatic rings. The molecule has 1 N–H and O–H groups in total. The Balaban J connectivity index is 1.67.